The lowest BCUT2D eigenvalue weighted by molar-refractivity contribution is -0.129. The standard InChI is InChI=1S/C8H13NO3/c1-9-8(11)12-7-5-3-2-4-6(7)10/h7H,2-5H2,1H3,(H,9,11). The van der Waals surface area contributed by atoms with E-state index in [1.807, 2.05) is 0 Å². The van der Waals surface area contributed by atoms with Crippen molar-refractivity contribution in [3.05, 3.63) is 0 Å². The van der Waals surface area contributed by atoms with Gasteiger partial charge in [0.25, 0.3) is 0 Å². The molecule has 1 N–H and O–H groups in total. The molecule has 0 radical (unpaired) electrons. The van der Waals surface area contributed by atoms with Gasteiger partial charge in [-0.15, -0.1) is 0 Å². The normalized spacial score (nSPS) is 23.4. The zero-order valence-corrected chi connectivity index (χ0v) is 7.13. The van der Waals surface area contributed by atoms with E-state index in [0.717, 1.165) is 12.8 Å². The molecule has 1 atom stereocenters. The highest BCUT2D eigenvalue weighted by atomic mass is 16.6. The molecular formula is C8H13NO3. The fraction of sp³-hybridized carbons (Fsp3) is 0.750. The lowest BCUT2D eigenvalue weighted by Gasteiger charge is -2.19. The van der Waals surface area contributed by atoms with Crippen molar-refractivity contribution in [2.75, 3.05) is 7.05 Å². The lowest BCUT2D eigenvalue weighted by atomic mass is 9.96. The van der Waals surface area contributed by atoms with Gasteiger partial charge in [0.2, 0.25) is 0 Å². The predicted molar refractivity (Wildman–Crippen MR) is 42.8 cm³/mol. The van der Waals surface area contributed by atoms with E-state index >= 15 is 0 Å². The maximum atomic E-state index is 11.1. The van der Waals surface area contributed by atoms with Crippen molar-refractivity contribution in [2.24, 2.45) is 0 Å². The Bertz CT molecular complexity index is 191. The van der Waals surface area contributed by atoms with Crippen molar-refractivity contribution in [1.82, 2.24) is 5.32 Å². The Morgan fingerprint density at radius 3 is 2.92 bits per heavy atom. The highest BCUT2D eigenvalue weighted by Gasteiger charge is 2.25. The van der Waals surface area contributed by atoms with Crippen LogP contribution in [0.3, 0.4) is 0 Å². The summed E-state index contributed by atoms with van der Waals surface area (Å²) in [5, 5.41) is 2.32. The van der Waals surface area contributed by atoms with Crippen LogP contribution in [0.2, 0.25) is 0 Å². The summed E-state index contributed by atoms with van der Waals surface area (Å²) < 4.78 is 4.85. The molecule has 0 aliphatic heterocycles. The number of hydrogen-bond acceptors (Lipinski definition) is 3. The molecule has 4 nitrogen and oxygen atoms in total. The van der Waals surface area contributed by atoms with Crippen LogP contribution < -0.4 is 5.32 Å². The van der Waals surface area contributed by atoms with E-state index in [4.69, 9.17) is 4.74 Å². The molecule has 0 spiro atoms. The van der Waals surface area contributed by atoms with Gasteiger partial charge in [0.05, 0.1) is 0 Å². The van der Waals surface area contributed by atoms with Crippen molar-refractivity contribution in [3.63, 3.8) is 0 Å². The number of carbonyl (C=O) groups excluding carboxylic acids is 2. The van der Waals surface area contributed by atoms with E-state index in [1.165, 1.54) is 7.05 Å². The summed E-state index contributed by atoms with van der Waals surface area (Å²) in [5.74, 6) is 0.0462. The van der Waals surface area contributed by atoms with Gasteiger partial charge in [-0.3, -0.25) is 4.79 Å². The van der Waals surface area contributed by atoms with Gasteiger partial charge >= 0.3 is 6.09 Å². The largest absolute Gasteiger partial charge is 0.438 e. The number of hydrogen-bond donors (Lipinski definition) is 1. The Hall–Kier alpha value is -1.06. The van der Waals surface area contributed by atoms with E-state index in [2.05, 4.69) is 5.32 Å². The molecule has 12 heavy (non-hydrogen) atoms. The van der Waals surface area contributed by atoms with Gasteiger partial charge in [-0.2, -0.15) is 0 Å². The van der Waals surface area contributed by atoms with Crippen molar-refractivity contribution < 1.29 is 14.3 Å². The molecule has 1 unspecified atom stereocenters. The van der Waals surface area contributed by atoms with Crippen LogP contribution in [0, 0.1) is 0 Å². The molecule has 0 aromatic heterocycles. The number of rotatable bonds is 1. The number of ether oxygens (including phenoxy) is 1. The zero-order valence-electron chi connectivity index (χ0n) is 7.13. The first-order valence-electron chi connectivity index (χ1n) is 4.15. The van der Waals surface area contributed by atoms with Gasteiger partial charge in [0.1, 0.15) is 0 Å². The second-order valence-corrected chi connectivity index (χ2v) is 2.86. The molecule has 1 fully saturated rings. The van der Waals surface area contributed by atoms with E-state index in [-0.39, 0.29) is 5.78 Å². The third kappa shape index (κ3) is 2.22. The summed E-state index contributed by atoms with van der Waals surface area (Å²) in [4.78, 5) is 21.9. The molecule has 1 saturated carbocycles. The average molecular weight is 171 g/mol. The Morgan fingerprint density at radius 1 is 1.58 bits per heavy atom. The van der Waals surface area contributed by atoms with Gasteiger partial charge in [-0.1, -0.05) is 0 Å². The molecule has 0 heterocycles. The van der Waals surface area contributed by atoms with Crippen LogP contribution in [0.1, 0.15) is 25.7 Å². The molecule has 1 amide bonds. The van der Waals surface area contributed by atoms with Gasteiger partial charge in [-0.25, -0.2) is 4.79 Å². The van der Waals surface area contributed by atoms with Gasteiger partial charge in [0.15, 0.2) is 11.9 Å². The van der Waals surface area contributed by atoms with Crippen LogP contribution >= 0.6 is 0 Å². The summed E-state index contributed by atoms with van der Waals surface area (Å²) in [6, 6.07) is 0. The molecular weight excluding hydrogens is 158 g/mol. The monoisotopic (exact) mass is 171 g/mol. The van der Waals surface area contributed by atoms with Crippen molar-refractivity contribution in [3.8, 4) is 0 Å². The minimum absolute atomic E-state index is 0.0462. The first-order valence-corrected chi connectivity index (χ1v) is 4.15. The van der Waals surface area contributed by atoms with Crippen LogP contribution in [0.5, 0.6) is 0 Å². The van der Waals surface area contributed by atoms with Crippen LogP contribution in [0.25, 0.3) is 0 Å². The Morgan fingerprint density at radius 2 is 2.33 bits per heavy atom. The smallest absolute Gasteiger partial charge is 0.407 e. The van der Waals surface area contributed by atoms with Gasteiger partial charge in [-0.05, 0) is 19.3 Å². The summed E-state index contributed by atoms with van der Waals surface area (Å²) in [6.45, 7) is 0. The van der Waals surface area contributed by atoms with Gasteiger partial charge < -0.3 is 10.1 Å². The predicted octanol–water partition coefficient (Wildman–Crippen LogP) is 0.854. The first kappa shape index (κ1) is 9.03. The SMILES string of the molecule is CNC(=O)OC1CCCCC1=O. The number of Topliss-reactive ketones (excluding diaryl/α,β-unsaturated/α-hetero) is 1. The Labute approximate surface area is 71.3 Å². The number of ketones is 1. The van der Waals surface area contributed by atoms with E-state index in [9.17, 15) is 9.59 Å². The van der Waals surface area contributed by atoms with Crippen LogP contribution in [-0.2, 0) is 9.53 Å². The first-order chi connectivity index (χ1) is 5.74. The number of amides is 1. The molecule has 4 heteroatoms. The van der Waals surface area contributed by atoms with Crippen molar-refractivity contribution in [2.45, 2.75) is 31.8 Å². The lowest BCUT2D eigenvalue weighted by Crippen LogP contribution is -2.33. The second kappa shape index (κ2) is 4.09. The topological polar surface area (TPSA) is 55.4 Å². The third-order valence-electron chi connectivity index (χ3n) is 1.95. The highest BCUT2D eigenvalue weighted by molar-refractivity contribution is 5.85. The van der Waals surface area contributed by atoms with Crippen molar-refractivity contribution >= 4 is 11.9 Å². The molecule has 0 aromatic carbocycles. The maximum absolute atomic E-state index is 11.1. The van der Waals surface area contributed by atoms with Crippen LogP contribution in [-0.4, -0.2) is 25.0 Å². The Kier molecular flexibility index (Phi) is 3.08. The zero-order chi connectivity index (χ0) is 8.97. The fourth-order valence-electron chi connectivity index (χ4n) is 1.26. The minimum Gasteiger partial charge on any atom is -0.438 e. The number of nitrogens with one attached hydrogen (secondary N) is 1. The van der Waals surface area contributed by atoms with E-state index < -0.39 is 12.2 Å². The molecule has 1 aliphatic rings. The molecule has 68 valence electrons. The van der Waals surface area contributed by atoms with E-state index in [0.29, 0.717) is 12.8 Å². The summed E-state index contributed by atoms with van der Waals surface area (Å²) in [7, 11) is 1.48. The number of carbonyl (C=O) groups is 2. The fourth-order valence-corrected chi connectivity index (χ4v) is 1.26. The second-order valence-electron chi connectivity index (χ2n) is 2.86. The molecule has 0 aromatic rings. The number of alkyl carbamates (subject to hydrolysis) is 1. The summed E-state index contributed by atoms with van der Waals surface area (Å²) >= 11 is 0. The molecule has 1 aliphatic carbocycles. The summed E-state index contributed by atoms with van der Waals surface area (Å²) in [5.41, 5.74) is 0. The quantitative estimate of drug-likeness (QED) is 0.636. The summed E-state index contributed by atoms with van der Waals surface area (Å²) in [6.07, 6.45) is 2.09. The van der Waals surface area contributed by atoms with Gasteiger partial charge in [0, 0.05) is 13.5 Å². The third-order valence-corrected chi connectivity index (χ3v) is 1.95. The molecule has 0 saturated heterocycles. The molecule has 1 rings (SSSR count). The Balaban J connectivity index is 2.39. The molecule has 0 bridgehead atoms. The van der Waals surface area contributed by atoms with Crippen molar-refractivity contribution in [1.29, 1.82) is 0 Å². The van der Waals surface area contributed by atoms with E-state index in [1.54, 1.807) is 0 Å². The average Bonchev–Trinajstić information content (AvgIpc) is 2.09. The van der Waals surface area contributed by atoms with Crippen LogP contribution in [0.15, 0.2) is 0 Å². The maximum Gasteiger partial charge on any atom is 0.407 e. The highest BCUT2D eigenvalue weighted by Crippen LogP contribution is 2.17. The van der Waals surface area contributed by atoms with Crippen LogP contribution in [0.4, 0.5) is 4.79 Å². The minimum atomic E-state index is -0.518.